The third-order valence-corrected chi connectivity index (χ3v) is 5.02. The minimum atomic E-state index is -0.340. The molecule has 0 spiro atoms. The second-order valence-corrected chi connectivity index (χ2v) is 6.83. The summed E-state index contributed by atoms with van der Waals surface area (Å²) in [6, 6.07) is 3.62. The van der Waals surface area contributed by atoms with Gasteiger partial charge in [0.1, 0.15) is 5.82 Å². The molecule has 142 valence electrons. The number of piperidine rings is 1. The topological polar surface area (TPSA) is 66.0 Å². The molecule has 0 unspecified atom stereocenters. The maximum absolute atomic E-state index is 12.4. The Labute approximate surface area is 154 Å². The number of amides is 1. The molecule has 1 aromatic rings. The first-order valence-corrected chi connectivity index (χ1v) is 9.55. The van der Waals surface area contributed by atoms with Crippen molar-refractivity contribution in [2.24, 2.45) is 0 Å². The Hall–Kier alpha value is -2.15. The van der Waals surface area contributed by atoms with Crippen molar-refractivity contribution in [3.05, 3.63) is 23.9 Å². The lowest BCUT2D eigenvalue weighted by atomic mass is 10.1. The third-order valence-electron chi connectivity index (χ3n) is 5.02. The fourth-order valence-corrected chi connectivity index (χ4v) is 3.48. The van der Waals surface area contributed by atoms with Crippen LogP contribution in [0, 0.1) is 0 Å². The molecule has 26 heavy (non-hydrogen) atoms. The number of pyridine rings is 1. The highest BCUT2D eigenvalue weighted by Crippen LogP contribution is 2.15. The van der Waals surface area contributed by atoms with Crippen LogP contribution in [0.4, 0.5) is 5.82 Å². The molecule has 7 nitrogen and oxygen atoms in total. The van der Waals surface area contributed by atoms with Crippen LogP contribution in [0.5, 0.6) is 0 Å². The molecule has 1 aromatic heterocycles. The highest BCUT2D eigenvalue weighted by atomic mass is 16.5. The highest BCUT2D eigenvalue weighted by molar-refractivity contribution is 5.89. The first-order valence-electron chi connectivity index (χ1n) is 9.55. The minimum absolute atomic E-state index is 0.259. The molecule has 0 N–H and O–H groups in total. The summed E-state index contributed by atoms with van der Waals surface area (Å²) in [6.45, 7) is 7.85. The van der Waals surface area contributed by atoms with E-state index < -0.39 is 0 Å². The molecule has 2 aliphatic heterocycles. The Bertz CT molecular complexity index is 606. The number of rotatable bonds is 5. The predicted octanol–water partition coefficient (Wildman–Crippen LogP) is 1.39. The summed E-state index contributed by atoms with van der Waals surface area (Å²) in [5, 5.41) is 0. The Balaban J connectivity index is 1.47. The average molecular weight is 360 g/mol. The van der Waals surface area contributed by atoms with Gasteiger partial charge >= 0.3 is 5.97 Å². The second-order valence-electron chi connectivity index (χ2n) is 6.83. The van der Waals surface area contributed by atoms with E-state index in [-0.39, 0.29) is 11.9 Å². The van der Waals surface area contributed by atoms with Gasteiger partial charge < -0.3 is 14.5 Å². The Kier molecular flexibility index (Phi) is 6.44. The molecule has 1 amide bonds. The summed E-state index contributed by atoms with van der Waals surface area (Å²) in [5.74, 6) is 0.780. The van der Waals surface area contributed by atoms with Gasteiger partial charge in [0, 0.05) is 45.5 Å². The zero-order valence-corrected chi connectivity index (χ0v) is 15.5. The third kappa shape index (κ3) is 4.72. The number of carbonyl (C=O) groups excluding carboxylic acids is 2. The lowest BCUT2D eigenvalue weighted by Crippen LogP contribution is -2.50. The van der Waals surface area contributed by atoms with Gasteiger partial charge in [-0.2, -0.15) is 0 Å². The van der Waals surface area contributed by atoms with E-state index in [4.69, 9.17) is 4.74 Å². The molecule has 0 aliphatic carbocycles. The number of piperazine rings is 1. The number of nitrogens with zero attached hydrogens (tertiary/aromatic N) is 4. The quantitative estimate of drug-likeness (QED) is 0.740. The van der Waals surface area contributed by atoms with Crippen molar-refractivity contribution >= 4 is 17.7 Å². The number of esters is 1. The maximum Gasteiger partial charge on any atom is 0.339 e. The fourth-order valence-electron chi connectivity index (χ4n) is 3.48. The number of ether oxygens (including phenoxy) is 1. The molecule has 0 atom stereocenters. The number of hydrogen-bond acceptors (Lipinski definition) is 6. The van der Waals surface area contributed by atoms with E-state index in [9.17, 15) is 9.59 Å². The van der Waals surface area contributed by atoms with E-state index in [0.29, 0.717) is 18.7 Å². The van der Waals surface area contributed by atoms with E-state index in [0.717, 1.165) is 57.9 Å². The number of anilines is 1. The first-order chi connectivity index (χ1) is 12.7. The number of likely N-dealkylation sites (tertiary alicyclic amines) is 1. The molecular weight excluding hydrogens is 332 g/mol. The van der Waals surface area contributed by atoms with Gasteiger partial charge in [-0.1, -0.05) is 0 Å². The Morgan fingerprint density at radius 3 is 2.38 bits per heavy atom. The maximum atomic E-state index is 12.4. The van der Waals surface area contributed by atoms with Crippen molar-refractivity contribution in [2.45, 2.75) is 26.2 Å². The Morgan fingerprint density at radius 1 is 1.04 bits per heavy atom. The van der Waals surface area contributed by atoms with Gasteiger partial charge in [-0.05, 0) is 38.3 Å². The predicted molar refractivity (Wildman–Crippen MR) is 99.3 cm³/mol. The van der Waals surface area contributed by atoms with Crippen LogP contribution in [0.2, 0.25) is 0 Å². The first kappa shape index (κ1) is 18.6. The van der Waals surface area contributed by atoms with E-state index in [1.54, 1.807) is 19.2 Å². The van der Waals surface area contributed by atoms with Crippen molar-refractivity contribution in [1.29, 1.82) is 0 Å². The summed E-state index contributed by atoms with van der Waals surface area (Å²) >= 11 is 0. The summed E-state index contributed by atoms with van der Waals surface area (Å²) in [5.41, 5.74) is 0.473. The fraction of sp³-hybridized carbons (Fsp3) is 0.632. The highest BCUT2D eigenvalue weighted by Gasteiger charge is 2.23. The normalized spacial score (nSPS) is 18.7. The van der Waals surface area contributed by atoms with Crippen molar-refractivity contribution in [1.82, 2.24) is 14.8 Å². The molecule has 2 fully saturated rings. The molecule has 7 heteroatoms. The second kappa shape index (κ2) is 8.98. The molecule has 3 rings (SSSR count). The van der Waals surface area contributed by atoms with E-state index in [2.05, 4.69) is 14.8 Å². The van der Waals surface area contributed by atoms with Gasteiger partial charge in [0.25, 0.3) is 0 Å². The van der Waals surface area contributed by atoms with Crippen molar-refractivity contribution < 1.29 is 14.3 Å². The van der Waals surface area contributed by atoms with Crippen molar-refractivity contribution in [3.63, 3.8) is 0 Å². The smallest absolute Gasteiger partial charge is 0.339 e. The van der Waals surface area contributed by atoms with Gasteiger partial charge in [-0.25, -0.2) is 9.78 Å². The van der Waals surface area contributed by atoms with Crippen LogP contribution in [0.25, 0.3) is 0 Å². The lowest BCUT2D eigenvalue weighted by Gasteiger charge is -2.36. The molecule has 2 aliphatic rings. The van der Waals surface area contributed by atoms with E-state index in [1.807, 2.05) is 11.0 Å². The van der Waals surface area contributed by atoms with E-state index >= 15 is 0 Å². The molecule has 0 bridgehead atoms. The Morgan fingerprint density at radius 2 is 1.77 bits per heavy atom. The summed E-state index contributed by atoms with van der Waals surface area (Å²) in [4.78, 5) is 34.9. The minimum Gasteiger partial charge on any atom is -0.462 e. The van der Waals surface area contributed by atoms with Crippen LogP contribution < -0.4 is 4.90 Å². The summed E-state index contributed by atoms with van der Waals surface area (Å²) in [7, 11) is 0. The molecule has 3 heterocycles. The number of carbonyl (C=O) groups is 2. The summed E-state index contributed by atoms with van der Waals surface area (Å²) < 4.78 is 4.98. The van der Waals surface area contributed by atoms with Crippen molar-refractivity contribution in [2.75, 3.05) is 57.3 Å². The SMILES string of the molecule is CCOC(=O)c1ccc(N2CCN(CC(=O)N3CCCCC3)CC2)nc1. The van der Waals surface area contributed by atoms with Crippen LogP contribution in [0.3, 0.4) is 0 Å². The van der Waals surface area contributed by atoms with Crippen LogP contribution in [-0.2, 0) is 9.53 Å². The van der Waals surface area contributed by atoms with Gasteiger partial charge in [-0.3, -0.25) is 9.69 Å². The zero-order chi connectivity index (χ0) is 18.4. The number of aromatic nitrogens is 1. The van der Waals surface area contributed by atoms with Gasteiger partial charge in [0.2, 0.25) is 5.91 Å². The molecular formula is C19H28N4O3. The van der Waals surface area contributed by atoms with Crippen LogP contribution in [0.15, 0.2) is 18.3 Å². The average Bonchev–Trinajstić information content (AvgIpc) is 2.69. The standard InChI is InChI=1S/C19H28N4O3/c1-2-26-19(25)16-6-7-17(20-14-16)22-12-10-21(11-13-22)15-18(24)23-8-4-3-5-9-23/h6-7,14H,2-5,8-13,15H2,1H3. The largest absolute Gasteiger partial charge is 0.462 e. The zero-order valence-electron chi connectivity index (χ0n) is 15.5. The molecule has 0 radical (unpaired) electrons. The van der Waals surface area contributed by atoms with Crippen LogP contribution in [0.1, 0.15) is 36.5 Å². The van der Waals surface area contributed by atoms with Gasteiger partial charge in [0.05, 0.1) is 18.7 Å². The van der Waals surface area contributed by atoms with Crippen molar-refractivity contribution in [3.8, 4) is 0 Å². The van der Waals surface area contributed by atoms with Crippen LogP contribution in [-0.4, -0.2) is 79.1 Å². The summed E-state index contributed by atoms with van der Waals surface area (Å²) in [6.07, 6.45) is 5.07. The number of hydrogen-bond donors (Lipinski definition) is 0. The van der Waals surface area contributed by atoms with Gasteiger partial charge in [-0.15, -0.1) is 0 Å². The molecule has 0 saturated carbocycles. The molecule has 2 saturated heterocycles. The monoisotopic (exact) mass is 360 g/mol. The van der Waals surface area contributed by atoms with Crippen LogP contribution >= 0.6 is 0 Å². The van der Waals surface area contributed by atoms with Gasteiger partial charge in [0.15, 0.2) is 0 Å². The lowest BCUT2D eigenvalue weighted by molar-refractivity contribution is -0.133. The van der Waals surface area contributed by atoms with E-state index in [1.165, 1.54) is 6.42 Å². The molecule has 0 aromatic carbocycles.